The van der Waals surface area contributed by atoms with E-state index in [-0.39, 0.29) is 0 Å². The molecule has 0 aliphatic heterocycles. The SMILES string of the molecule is CC(Nc1ccc2nccnc2c1)C(F)F. The van der Waals surface area contributed by atoms with Crippen LogP contribution < -0.4 is 5.32 Å². The molecule has 0 radical (unpaired) electrons. The molecule has 1 aromatic heterocycles. The topological polar surface area (TPSA) is 37.8 Å². The van der Waals surface area contributed by atoms with Gasteiger partial charge in [-0.15, -0.1) is 0 Å². The molecule has 1 heterocycles. The maximum atomic E-state index is 12.3. The molecule has 0 spiro atoms. The van der Waals surface area contributed by atoms with Crippen LogP contribution >= 0.6 is 0 Å². The Morgan fingerprint density at radius 2 is 1.81 bits per heavy atom. The third-order valence-corrected chi connectivity index (χ3v) is 2.24. The van der Waals surface area contributed by atoms with Crippen molar-refractivity contribution in [1.82, 2.24) is 9.97 Å². The fraction of sp³-hybridized carbons (Fsp3) is 0.273. The van der Waals surface area contributed by atoms with Crippen LogP contribution in [0.25, 0.3) is 11.0 Å². The minimum atomic E-state index is -2.39. The first-order valence-electron chi connectivity index (χ1n) is 4.92. The molecule has 2 rings (SSSR count). The monoisotopic (exact) mass is 223 g/mol. The van der Waals surface area contributed by atoms with Crippen LogP contribution in [0.2, 0.25) is 0 Å². The summed E-state index contributed by atoms with van der Waals surface area (Å²) in [5.74, 6) is 0. The molecule has 0 fully saturated rings. The second-order valence-electron chi connectivity index (χ2n) is 3.53. The van der Waals surface area contributed by atoms with Gasteiger partial charge in [0.1, 0.15) is 0 Å². The van der Waals surface area contributed by atoms with Gasteiger partial charge in [0.25, 0.3) is 6.43 Å². The Labute approximate surface area is 91.5 Å². The molecular formula is C11H11F2N3. The van der Waals surface area contributed by atoms with Crippen molar-refractivity contribution in [3.8, 4) is 0 Å². The second-order valence-corrected chi connectivity index (χ2v) is 3.53. The van der Waals surface area contributed by atoms with Crippen molar-refractivity contribution >= 4 is 16.7 Å². The zero-order valence-electron chi connectivity index (χ0n) is 8.69. The van der Waals surface area contributed by atoms with E-state index in [0.29, 0.717) is 11.2 Å². The van der Waals surface area contributed by atoms with E-state index in [1.807, 2.05) is 0 Å². The fourth-order valence-corrected chi connectivity index (χ4v) is 1.38. The van der Waals surface area contributed by atoms with Crippen LogP contribution in [0, 0.1) is 0 Å². The third-order valence-electron chi connectivity index (χ3n) is 2.24. The van der Waals surface area contributed by atoms with Crippen LogP contribution in [0.4, 0.5) is 14.5 Å². The van der Waals surface area contributed by atoms with E-state index in [4.69, 9.17) is 0 Å². The van der Waals surface area contributed by atoms with Crippen molar-refractivity contribution < 1.29 is 8.78 Å². The summed E-state index contributed by atoms with van der Waals surface area (Å²) in [6.07, 6.45) is 0.775. The quantitative estimate of drug-likeness (QED) is 0.869. The number of benzene rings is 1. The molecule has 2 aromatic rings. The Morgan fingerprint density at radius 1 is 1.12 bits per heavy atom. The van der Waals surface area contributed by atoms with Gasteiger partial charge in [0, 0.05) is 18.1 Å². The molecule has 0 amide bonds. The minimum absolute atomic E-state index is 0.626. The van der Waals surface area contributed by atoms with Gasteiger partial charge in [0.2, 0.25) is 0 Å². The minimum Gasteiger partial charge on any atom is -0.377 e. The van der Waals surface area contributed by atoms with E-state index in [1.54, 1.807) is 30.6 Å². The zero-order chi connectivity index (χ0) is 11.5. The maximum absolute atomic E-state index is 12.3. The Hall–Kier alpha value is -1.78. The van der Waals surface area contributed by atoms with Crippen LogP contribution in [-0.2, 0) is 0 Å². The number of aromatic nitrogens is 2. The molecule has 1 unspecified atom stereocenters. The average molecular weight is 223 g/mol. The summed E-state index contributed by atoms with van der Waals surface area (Å²) < 4.78 is 24.7. The maximum Gasteiger partial charge on any atom is 0.258 e. The smallest absolute Gasteiger partial charge is 0.258 e. The summed E-state index contributed by atoms with van der Waals surface area (Å²) in [5.41, 5.74) is 2.06. The first kappa shape index (κ1) is 10.7. The summed E-state index contributed by atoms with van der Waals surface area (Å²) in [7, 11) is 0. The first-order valence-corrected chi connectivity index (χ1v) is 4.92. The average Bonchev–Trinajstić information content (AvgIpc) is 2.28. The summed E-state index contributed by atoms with van der Waals surface area (Å²) >= 11 is 0. The van der Waals surface area contributed by atoms with Crippen LogP contribution in [0.15, 0.2) is 30.6 Å². The molecule has 0 aliphatic carbocycles. The number of nitrogens with one attached hydrogen (secondary N) is 1. The Kier molecular flexibility index (Phi) is 2.94. The number of hydrogen-bond acceptors (Lipinski definition) is 3. The summed E-state index contributed by atoms with van der Waals surface area (Å²) in [4.78, 5) is 8.20. The predicted octanol–water partition coefficient (Wildman–Crippen LogP) is 2.70. The van der Waals surface area contributed by atoms with Crippen LogP contribution in [0.1, 0.15) is 6.92 Å². The summed E-state index contributed by atoms with van der Waals surface area (Å²) in [6.45, 7) is 1.44. The number of hydrogen-bond donors (Lipinski definition) is 1. The lowest BCUT2D eigenvalue weighted by atomic mass is 10.2. The lowest BCUT2D eigenvalue weighted by Gasteiger charge is -2.14. The highest BCUT2D eigenvalue weighted by molar-refractivity contribution is 5.78. The molecule has 1 N–H and O–H groups in total. The molecule has 84 valence electrons. The Bertz CT molecular complexity index is 487. The fourth-order valence-electron chi connectivity index (χ4n) is 1.38. The molecule has 5 heteroatoms. The van der Waals surface area contributed by atoms with E-state index >= 15 is 0 Å². The van der Waals surface area contributed by atoms with Gasteiger partial charge >= 0.3 is 0 Å². The lowest BCUT2D eigenvalue weighted by molar-refractivity contribution is 0.131. The molecule has 0 saturated heterocycles. The van der Waals surface area contributed by atoms with Crippen LogP contribution in [0.3, 0.4) is 0 Å². The lowest BCUT2D eigenvalue weighted by Crippen LogP contribution is -2.23. The number of rotatable bonds is 3. The number of halogens is 2. The highest BCUT2D eigenvalue weighted by atomic mass is 19.3. The van der Waals surface area contributed by atoms with Gasteiger partial charge < -0.3 is 5.32 Å². The number of anilines is 1. The molecule has 0 bridgehead atoms. The highest BCUT2D eigenvalue weighted by Gasteiger charge is 2.13. The van der Waals surface area contributed by atoms with Crippen LogP contribution in [-0.4, -0.2) is 22.4 Å². The van der Waals surface area contributed by atoms with Gasteiger partial charge in [-0.25, -0.2) is 8.78 Å². The van der Waals surface area contributed by atoms with E-state index in [0.717, 1.165) is 5.52 Å². The normalized spacial score (nSPS) is 13.0. The van der Waals surface area contributed by atoms with E-state index in [1.165, 1.54) is 6.92 Å². The zero-order valence-corrected chi connectivity index (χ0v) is 8.69. The van der Waals surface area contributed by atoms with Crippen molar-refractivity contribution in [2.45, 2.75) is 19.4 Å². The van der Waals surface area contributed by atoms with Crippen molar-refractivity contribution in [2.24, 2.45) is 0 Å². The van der Waals surface area contributed by atoms with Crippen molar-refractivity contribution in [2.75, 3.05) is 5.32 Å². The van der Waals surface area contributed by atoms with E-state index in [9.17, 15) is 8.78 Å². The number of alkyl halides is 2. The molecule has 16 heavy (non-hydrogen) atoms. The largest absolute Gasteiger partial charge is 0.377 e. The third kappa shape index (κ3) is 2.24. The number of nitrogens with zero attached hydrogens (tertiary/aromatic N) is 2. The van der Waals surface area contributed by atoms with Gasteiger partial charge in [-0.3, -0.25) is 9.97 Å². The van der Waals surface area contributed by atoms with Gasteiger partial charge in [-0.2, -0.15) is 0 Å². The highest BCUT2D eigenvalue weighted by Crippen LogP contribution is 2.17. The molecule has 1 aromatic carbocycles. The molecule has 0 aliphatic rings. The van der Waals surface area contributed by atoms with Crippen LogP contribution in [0.5, 0.6) is 0 Å². The predicted molar refractivity (Wildman–Crippen MR) is 58.6 cm³/mol. The standard InChI is InChI=1S/C11H11F2N3/c1-7(11(12)13)16-8-2-3-9-10(6-8)15-5-4-14-9/h2-7,11,16H,1H3. The van der Waals surface area contributed by atoms with E-state index in [2.05, 4.69) is 15.3 Å². The van der Waals surface area contributed by atoms with Gasteiger partial charge in [0.05, 0.1) is 17.1 Å². The van der Waals surface area contributed by atoms with Crippen molar-refractivity contribution in [3.05, 3.63) is 30.6 Å². The van der Waals surface area contributed by atoms with Gasteiger partial charge in [-0.05, 0) is 25.1 Å². The van der Waals surface area contributed by atoms with Gasteiger partial charge in [0.15, 0.2) is 0 Å². The van der Waals surface area contributed by atoms with Gasteiger partial charge in [-0.1, -0.05) is 0 Å². The molecule has 3 nitrogen and oxygen atoms in total. The summed E-state index contributed by atoms with van der Waals surface area (Å²) in [5, 5.41) is 2.72. The molecule has 0 saturated carbocycles. The van der Waals surface area contributed by atoms with Crippen molar-refractivity contribution in [1.29, 1.82) is 0 Å². The molecular weight excluding hydrogens is 212 g/mol. The first-order chi connectivity index (χ1) is 7.66. The Balaban J connectivity index is 2.26. The van der Waals surface area contributed by atoms with Crippen molar-refractivity contribution in [3.63, 3.8) is 0 Å². The summed E-state index contributed by atoms with van der Waals surface area (Å²) in [6, 6.07) is 4.30. The Morgan fingerprint density at radius 3 is 2.50 bits per heavy atom. The van der Waals surface area contributed by atoms with E-state index < -0.39 is 12.5 Å². The molecule has 1 atom stereocenters. The number of fused-ring (bicyclic) bond motifs is 1. The second kappa shape index (κ2) is 4.38.